The number of carbonyl (C=O) groups is 1. The molecule has 0 aliphatic heterocycles. The van der Waals surface area contributed by atoms with Crippen molar-refractivity contribution >= 4 is 110 Å². The molecule has 0 bridgehead atoms. The Balaban J connectivity index is 1.22. The number of benzene rings is 4. The second kappa shape index (κ2) is 14.7. The minimum absolute atomic E-state index is 0.122. The molecule has 1 aliphatic carbocycles. The third-order valence-electron chi connectivity index (χ3n) is 8.24. The minimum Gasteiger partial charge on any atom is -0.324 e. The zero-order chi connectivity index (χ0) is 41.0. The Kier molecular flexibility index (Phi) is 10.2. The van der Waals surface area contributed by atoms with Gasteiger partial charge in [-0.05, 0) is 97.2 Å². The van der Waals surface area contributed by atoms with Crippen LogP contribution < -0.4 is 16.1 Å². The van der Waals surface area contributed by atoms with Crippen molar-refractivity contribution in [2.24, 2.45) is 5.10 Å². The molecule has 23 heteroatoms. The molecule has 2 aromatic heterocycles. The number of halogens is 1. The number of hydrazone groups is 1. The quantitative estimate of drug-likeness (QED) is 0.0651. The Morgan fingerprint density at radius 3 is 2.02 bits per heavy atom. The maximum absolute atomic E-state index is 14.0. The summed E-state index contributed by atoms with van der Waals surface area (Å²) in [6.45, 7) is 3.40. The second-order valence-corrected chi connectivity index (χ2v) is 17.8. The molecule has 6 aromatic rings. The molecule has 4 aromatic carbocycles. The topological polar surface area (TPSA) is 280 Å². The average Bonchev–Trinajstić information content (AvgIpc) is 3.54. The van der Waals surface area contributed by atoms with Crippen LogP contribution in [0.1, 0.15) is 27.0 Å². The summed E-state index contributed by atoms with van der Waals surface area (Å²) < 4.78 is 104. The van der Waals surface area contributed by atoms with E-state index in [2.05, 4.69) is 41.1 Å². The molecule has 0 spiro atoms. The fourth-order valence-corrected chi connectivity index (χ4v) is 9.34. The first-order chi connectivity index (χ1) is 26.7. The molecule has 2 heterocycles. The van der Waals surface area contributed by atoms with Crippen molar-refractivity contribution in [3.8, 4) is 10.6 Å². The van der Waals surface area contributed by atoms with E-state index in [0.717, 1.165) is 35.1 Å². The first-order valence-electron chi connectivity index (χ1n) is 16.0. The van der Waals surface area contributed by atoms with Crippen molar-refractivity contribution in [3.63, 3.8) is 0 Å². The largest absolute Gasteiger partial charge is 0.324 e. The van der Waals surface area contributed by atoms with Gasteiger partial charge in [-0.15, -0.1) is 11.3 Å². The van der Waals surface area contributed by atoms with Gasteiger partial charge in [0.2, 0.25) is 23.0 Å². The van der Waals surface area contributed by atoms with Gasteiger partial charge in [-0.3, -0.25) is 23.9 Å². The van der Waals surface area contributed by atoms with Crippen LogP contribution in [0.15, 0.2) is 92.6 Å². The summed E-state index contributed by atoms with van der Waals surface area (Å²) in [6, 6.07) is 18.2. The maximum Gasteiger partial charge on any atom is 0.296 e. The Labute approximate surface area is 332 Å². The molecule has 0 fully saturated rings. The van der Waals surface area contributed by atoms with E-state index < -0.39 is 51.6 Å². The van der Waals surface area contributed by atoms with Gasteiger partial charge < -0.3 is 10.6 Å². The molecular formula is C34H25ClN8O10S4. The highest BCUT2D eigenvalue weighted by Gasteiger charge is 2.36. The number of allylic oxidation sites excluding steroid dienone is 1. The lowest BCUT2D eigenvalue weighted by atomic mass is 9.93. The van der Waals surface area contributed by atoms with Gasteiger partial charge >= 0.3 is 0 Å². The monoisotopic (exact) mass is 868 g/mol. The van der Waals surface area contributed by atoms with Crippen molar-refractivity contribution in [2.75, 3.05) is 16.1 Å². The molecule has 6 N–H and O–H groups in total. The van der Waals surface area contributed by atoms with E-state index in [1.807, 2.05) is 6.92 Å². The lowest BCUT2D eigenvalue weighted by molar-refractivity contribution is 0.106. The average molecular weight is 869 g/mol. The number of thiazole rings is 1. The fourth-order valence-electron chi connectivity index (χ4n) is 5.66. The van der Waals surface area contributed by atoms with Gasteiger partial charge in [0.15, 0.2) is 5.71 Å². The Morgan fingerprint density at radius 1 is 0.737 bits per heavy atom. The number of hydrogen-bond acceptors (Lipinski definition) is 16. The van der Waals surface area contributed by atoms with Gasteiger partial charge in [-0.2, -0.15) is 45.3 Å². The third-order valence-corrected chi connectivity index (χ3v) is 12.4. The SMILES string of the molecule is Cc1ccc(N/N=C2/C(=O)c3c(cc(S(=O)(=O)O)cc3Nc3nc(Cl)nc(Nc4ccc(-c5nc6ccc(C)c(S(=O)(=O)O)c6s5)cc4)n3)C=C2S(=O)(=O)O)cc1. The predicted octanol–water partition coefficient (Wildman–Crippen LogP) is 6.29. The van der Waals surface area contributed by atoms with Crippen LogP contribution in [0.3, 0.4) is 0 Å². The van der Waals surface area contributed by atoms with Gasteiger partial charge in [0.25, 0.3) is 30.4 Å². The van der Waals surface area contributed by atoms with E-state index in [-0.39, 0.29) is 38.9 Å². The zero-order valence-corrected chi connectivity index (χ0v) is 33.0. The van der Waals surface area contributed by atoms with Crippen molar-refractivity contribution in [1.29, 1.82) is 0 Å². The molecule has 0 atom stereocenters. The molecule has 292 valence electrons. The van der Waals surface area contributed by atoms with E-state index in [1.54, 1.807) is 67.6 Å². The molecule has 1 aliphatic rings. The van der Waals surface area contributed by atoms with Crippen LogP contribution in [0.25, 0.3) is 26.9 Å². The van der Waals surface area contributed by atoms with Crippen LogP contribution >= 0.6 is 22.9 Å². The Bertz CT molecular complexity index is 3070. The number of aryl methyl sites for hydroxylation is 2. The number of hydrogen-bond donors (Lipinski definition) is 6. The molecular weight excluding hydrogens is 844 g/mol. The lowest BCUT2D eigenvalue weighted by Gasteiger charge is -2.20. The fraction of sp³-hybridized carbons (Fsp3) is 0.0588. The Hall–Kier alpha value is -5.72. The van der Waals surface area contributed by atoms with E-state index in [9.17, 15) is 43.7 Å². The molecule has 0 amide bonds. The molecule has 0 radical (unpaired) electrons. The number of anilines is 5. The van der Waals surface area contributed by atoms with Crippen molar-refractivity contribution < 1.29 is 43.7 Å². The standard InChI is InChI=1S/C34H25ClN8O10S4/c1-16-3-8-21(9-4-16)42-43-27-25(56(48,49)50)14-19-13-22(55(45,46)47)15-24(26(19)28(27)44)38-34-40-32(35)39-33(41-34)36-20-10-6-18(7-11-20)31-37-23-12-5-17(2)30(29(23)54-31)57(51,52)53/h3-15,42H,1-2H3,(H,45,46,47)(H,48,49,50)(H,51,52,53)(H2,36,38,39,40,41)/b43-27+. The second-order valence-electron chi connectivity index (χ2n) is 12.3. The van der Waals surface area contributed by atoms with Crippen molar-refractivity contribution in [3.05, 3.63) is 105 Å². The predicted molar refractivity (Wildman–Crippen MR) is 213 cm³/mol. The highest BCUT2D eigenvalue weighted by Crippen LogP contribution is 2.37. The smallest absolute Gasteiger partial charge is 0.296 e. The summed E-state index contributed by atoms with van der Waals surface area (Å²) >= 11 is 7.30. The van der Waals surface area contributed by atoms with Crippen LogP contribution in [0, 0.1) is 13.8 Å². The van der Waals surface area contributed by atoms with Crippen LogP contribution in [0.4, 0.5) is 29.0 Å². The van der Waals surface area contributed by atoms with E-state index in [0.29, 0.717) is 37.7 Å². The van der Waals surface area contributed by atoms with Gasteiger partial charge in [0.05, 0.1) is 32.1 Å². The number of rotatable bonds is 10. The van der Waals surface area contributed by atoms with Crippen molar-refractivity contribution in [1.82, 2.24) is 19.9 Å². The number of carbonyl (C=O) groups excluding carboxylic acids is 1. The summed E-state index contributed by atoms with van der Waals surface area (Å²) in [5, 5.41) is 9.71. The summed E-state index contributed by atoms with van der Waals surface area (Å²) in [4.78, 5) is 28.9. The highest BCUT2D eigenvalue weighted by molar-refractivity contribution is 7.91. The number of fused-ring (bicyclic) bond motifs is 2. The van der Waals surface area contributed by atoms with Crippen LogP contribution in [0.2, 0.25) is 5.28 Å². The first kappa shape index (κ1) is 39.5. The number of aromatic nitrogens is 4. The number of Topliss-reactive ketones (excluding diaryl/α,β-unsaturated/α-hetero) is 1. The number of nitrogens with one attached hydrogen (secondary N) is 3. The van der Waals surface area contributed by atoms with Gasteiger partial charge in [-0.1, -0.05) is 23.8 Å². The Morgan fingerprint density at radius 2 is 1.39 bits per heavy atom. The van der Waals surface area contributed by atoms with Crippen molar-refractivity contribution in [2.45, 2.75) is 23.6 Å². The van der Waals surface area contributed by atoms with E-state index in [1.165, 1.54) is 0 Å². The summed E-state index contributed by atoms with van der Waals surface area (Å²) in [7, 11) is -14.6. The molecule has 7 rings (SSSR count). The minimum atomic E-state index is -5.11. The first-order valence-corrected chi connectivity index (χ1v) is 21.5. The zero-order valence-electron chi connectivity index (χ0n) is 29.0. The summed E-state index contributed by atoms with van der Waals surface area (Å²) in [6.07, 6.45) is 0.821. The molecule has 0 unspecified atom stereocenters. The highest BCUT2D eigenvalue weighted by atomic mass is 35.5. The van der Waals surface area contributed by atoms with Gasteiger partial charge in [-0.25, -0.2) is 4.98 Å². The third kappa shape index (κ3) is 8.38. The van der Waals surface area contributed by atoms with Crippen LogP contribution in [-0.4, -0.2) is 70.3 Å². The van der Waals surface area contributed by atoms with Crippen LogP contribution in [-0.2, 0) is 30.4 Å². The lowest BCUT2D eigenvalue weighted by Crippen LogP contribution is -2.28. The molecule has 18 nitrogen and oxygen atoms in total. The van der Waals surface area contributed by atoms with Gasteiger partial charge in [0.1, 0.15) is 14.8 Å². The number of ketones is 1. The van der Waals surface area contributed by atoms with Crippen LogP contribution in [0.5, 0.6) is 0 Å². The molecule has 57 heavy (non-hydrogen) atoms. The maximum atomic E-state index is 14.0. The normalized spacial score (nSPS) is 14.0. The molecule has 0 saturated heterocycles. The van der Waals surface area contributed by atoms with Gasteiger partial charge in [0, 0.05) is 11.3 Å². The summed E-state index contributed by atoms with van der Waals surface area (Å²) in [5.74, 6) is -1.51. The van der Waals surface area contributed by atoms with E-state index in [4.69, 9.17) is 11.6 Å². The summed E-state index contributed by atoms with van der Waals surface area (Å²) in [5.41, 5.74) is 3.96. The van der Waals surface area contributed by atoms with E-state index >= 15 is 0 Å². The molecule has 0 saturated carbocycles. The number of nitrogens with zero attached hydrogens (tertiary/aromatic N) is 5.